The predicted octanol–water partition coefficient (Wildman–Crippen LogP) is 2.71. The number of aliphatic hydroxyl groups is 1. The largest absolute Gasteiger partial charge is 0.479 e. The second-order valence-corrected chi connectivity index (χ2v) is 5.70. The van der Waals surface area contributed by atoms with Gasteiger partial charge in [-0.2, -0.15) is 0 Å². The number of hydrogen-bond acceptors (Lipinski definition) is 3. The van der Waals surface area contributed by atoms with Crippen molar-refractivity contribution < 1.29 is 15.0 Å². The summed E-state index contributed by atoms with van der Waals surface area (Å²) in [6, 6.07) is 15.0. The number of aliphatic hydroxyl groups excluding tert-OH is 1. The molecule has 0 saturated heterocycles. The summed E-state index contributed by atoms with van der Waals surface area (Å²) in [5.41, 5.74) is 8.95. The fourth-order valence-corrected chi connectivity index (χ4v) is 2.47. The molecular formula is C17H18ClNO3. The van der Waals surface area contributed by atoms with Gasteiger partial charge in [0.25, 0.3) is 0 Å². The van der Waals surface area contributed by atoms with Gasteiger partial charge in [0.15, 0.2) is 6.10 Å². The Morgan fingerprint density at radius 3 is 2.41 bits per heavy atom. The van der Waals surface area contributed by atoms with Crippen LogP contribution in [0, 0.1) is 0 Å². The Kier molecular flexibility index (Phi) is 5.55. The molecule has 4 N–H and O–H groups in total. The van der Waals surface area contributed by atoms with Crippen LogP contribution in [0.5, 0.6) is 0 Å². The predicted molar refractivity (Wildman–Crippen MR) is 86.8 cm³/mol. The average Bonchev–Trinajstić information content (AvgIpc) is 2.47. The standard InChI is InChI=1S/C17H18ClNO3/c18-14-3-1-2-13(9-14)12-6-4-11(5-7-12)8-15(19)10-16(20)17(21)22/h1-7,9,15-16,20H,8,10,19H2,(H,21,22). The van der Waals surface area contributed by atoms with Gasteiger partial charge in [-0.1, -0.05) is 48.0 Å². The molecule has 2 aromatic carbocycles. The monoisotopic (exact) mass is 319 g/mol. The van der Waals surface area contributed by atoms with Gasteiger partial charge in [-0.3, -0.25) is 0 Å². The zero-order valence-electron chi connectivity index (χ0n) is 11.9. The molecule has 0 spiro atoms. The first kappa shape index (κ1) is 16.5. The Bertz CT molecular complexity index is 643. The van der Waals surface area contributed by atoms with Crippen LogP contribution in [-0.4, -0.2) is 28.3 Å². The molecule has 4 nitrogen and oxygen atoms in total. The van der Waals surface area contributed by atoms with Gasteiger partial charge in [-0.25, -0.2) is 4.79 Å². The number of nitrogens with two attached hydrogens (primary N) is 1. The fourth-order valence-electron chi connectivity index (χ4n) is 2.27. The van der Waals surface area contributed by atoms with Crippen LogP contribution >= 0.6 is 11.6 Å². The summed E-state index contributed by atoms with van der Waals surface area (Å²) in [7, 11) is 0. The summed E-state index contributed by atoms with van der Waals surface area (Å²) < 4.78 is 0. The molecule has 0 radical (unpaired) electrons. The summed E-state index contributed by atoms with van der Waals surface area (Å²) in [4.78, 5) is 10.6. The summed E-state index contributed by atoms with van der Waals surface area (Å²) >= 11 is 5.98. The van der Waals surface area contributed by atoms with E-state index in [1.54, 1.807) is 0 Å². The van der Waals surface area contributed by atoms with Crippen LogP contribution in [0.2, 0.25) is 5.02 Å². The minimum atomic E-state index is -1.42. The van der Waals surface area contributed by atoms with Crippen LogP contribution in [0.4, 0.5) is 0 Å². The lowest BCUT2D eigenvalue weighted by Crippen LogP contribution is -2.32. The van der Waals surface area contributed by atoms with E-state index in [1.165, 1.54) is 0 Å². The number of hydrogen-bond donors (Lipinski definition) is 3. The number of rotatable bonds is 6. The first-order valence-corrected chi connectivity index (χ1v) is 7.35. The van der Waals surface area contributed by atoms with E-state index in [1.807, 2.05) is 48.5 Å². The molecule has 2 atom stereocenters. The molecule has 0 saturated carbocycles. The lowest BCUT2D eigenvalue weighted by molar-refractivity contribution is -0.147. The number of carbonyl (C=O) groups is 1. The Balaban J connectivity index is 2.01. The molecule has 0 aliphatic heterocycles. The average molecular weight is 320 g/mol. The maximum Gasteiger partial charge on any atom is 0.332 e. The number of benzene rings is 2. The Morgan fingerprint density at radius 1 is 1.14 bits per heavy atom. The highest BCUT2D eigenvalue weighted by Gasteiger charge is 2.17. The van der Waals surface area contributed by atoms with Crippen molar-refractivity contribution in [3.63, 3.8) is 0 Å². The normalized spacial score (nSPS) is 13.6. The van der Waals surface area contributed by atoms with Gasteiger partial charge >= 0.3 is 5.97 Å². The zero-order valence-corrected chi connectivity index (χ0v) is 12.7. The molecule has 0 aliphatic carbocycles. The third kappa shape index (κ3) is 4.56. The molecule has 0 fully saturated rings. The van der Waals surface area contributed by atoms with E-state index >= 15 is 0 Å². The first-order chi connectivity index (χ1) is 10.5. The minimum Gasteiger partial charge on any atom is -0.479 e. The molecule has 2 rings (SSSR count). The Labute approximate surface area is 134 Å². The van der Waals surface area contributed by atoms with E-state index in [-0.39, 0.29) is 6.42 Å². The third-order valence-electron chi connectivity index (χ3n) is 3.42. The van der Waals surface area contributed by atoms with Gasteiger partial charge in [0, 0.05) is 11.1 Å². The van der Waals surface area contributed by atoms with Crippen LogP contribution in [0.25, 0.3) is 11.1 Å². The number of aliphatic carboxylic acids is 1. The first-order valence-electron chi connectivity index (χ1n) is 6.97. The highest BCUT2D eigenvalue weighted by Crippen LogP contribution is 2.23. The van der Waals surface area contributed by atoms with Crippen LogP contribution < -0.4 is 5.73 Å². The SMILES string of the molecule is NC(Cc1ccc(-c2cccc(Cl)c2)cc1)CC(O)C(=O)O. The van der Waals surface area contributed by atoms with Gasteiger partial charge in [-0.15, -0.1) is 0 Å². The maximum absolute atomic E-state index is 10.6. The molecule has 0 amide bonds. The van der Waals surface area contributed by atoms with Crippen LogP contribution in [0.1, 0.15) is 12.0 Å². The molecule has 2 aromatic rings. The lowest BCUT2D eigenvalue weighted by Gasteiger charge is -2.14. The summed E-state index contributed by atoms with van der Waals surface area (Å²) in [6.45, 7) is 0. The van der Waals surface area contributed by atoms with Crippen LogP contribution in [0.3, 0.4) is 0 Å². The number of halogens is 1. The highest BCUT2D eigenvalue weighted by molar-refractivity contribution is 6.30. The van der Waals surface area contributed by atoms with E-state index in [4.69, 9.17) is 22.4 Å². The van der Waals surface area contributed by atoms with Crippen molar-refractivity contribution >= 4 is 17.6 Å². The van der Waals surface area contributed by atoms with Crippen LogP contribution in [-0.2, 0) is 11.2 Å². The molecule has 0 aliphatic rings. The summed E-state index contributed by atoms with van der Waals surface area (Å²) in [6.07, 6.45) is -0.869. The minimum absolute atomic E-state index is 0.0331. The van der Waals surface area contributed by atoms with E-state index in [0.29, 0.717) is 11.4 Å². The quantitative estimate of drug-likeness (QED) is 0.764. The maximum atomic E-state index is 10.6. The second-order valence-electron chi connectivity index (χ2n) is 5.26. The fraction of sp³-hybridized carbons (Fsp3) is 0.235. The summed E-state index contributed by atoms with van der Waals surface area (Å²) in [5.74, 6) is -1.24. The van der Waals surface area contributed by atoms with Gasteiger partial charge in [0.1, 0.15) is 0 Å². The Hall–Kier alpha value is -1.88. The van der Waals surface area contributed by atoms with E-state index < -0.39 is 18.1 Å². The van der Waals surface area contributed by atoms with Gasteiger partial charge < -0.3 is 15.9 Å². The molecule has 2 unspecified atom stereocenters. The van der Waals surface area contributed by atoms with E-state index in [9.17, 15) is 9.90 Å². The third-order valence-corrected chi connectivity index (χ3v) is 3.66. The molecule has 116 valence electrons. The van der Waals surface area contributed by atoms with Gasteiger partial charge in [-0.05, 0) is 41.7 Å². The molecule has 5 heteroatoms. The van der Waals surface area contributed by atoms with E-state index in [2.05, 4.69) is 0 Å². The molecule has 0 aromatic heterocycles. The number of carboxylic acids is 1. The second kappa shape index (κ2) is 7.40. The van der Waals surface area contributed by atoms with Crippen molar-refractivity contribution in [3.05, 3.63) is 59.1 Å². The molecule has 0 heterocycles. The smallest absolute Gasteiger partial charge is 0.332 e. The van der Waals surface area contributed by atoms with Crippen LogP contribution in [0.15, 0.2) is 48.5 Å². The van der Waals surface area contributed by atoms with Gasteiger partial charge in [0.05, 0.1) is 0 Å². The zero-order chi connectivity index (χ0) is 16.1. The van der Waals surface area contributed by atoms with Gasteiger partial charge in [0.2, 0.25) is 0 Å². The Morgan fingerprint density at radius 2 is 1.82 bits per heavy atom. The molecular weight excluding hydrogens is 302 g/mol. The van der Waals surface area contributed by atoms with E-state index in [0.717, 1.165) is 16.7 Å². The number of carboxylic acid groups (broad SMARTS) is 1. The van der Waals surface area contributed by atoms with Crippen molar-refractivity contribution in [3.8, 4) is 11.1 Å². The van der Waals surface area contributed by atoms with Crippen molar-refractivity contribution in [2.24, 2.45) is 5.73 Å². The highest BCUT2D eigenvalue weighted by atomic mass is 35.5. The van der Waals surface area contributed by atoms with Crippen molar-refractivity contribution in [2.75, 3.05) is 0 Å². The summed E-state index contributed by atoms with van der Waals surface area (Å²) in [5, 5.41) is 18.7. The van der Waals surface area contributed by atoms with Crippen molar-refractivity contribution in [1.82, 2.24) is 0 Å². The topological polar surface area (TPSA) is 83.5 Å². The van der Waals surface area contributed by atoms with Crippen molar-refractivity contribution in [2.45, 2.75) is 25.0 Å². The molecule has 0 bridgehead atoms. The molecule has 22 heavy (non-hydrogen) atoms. The van der Waals surface area contributed by atoms with Crippen molar-refractivity contribution in [1.29, 1.82) is 0 Å². The lowest BCUT2D eigenvalue weighted by atomic mass is 9.98.